The Morgan fingerprint density at radius 3 is 2.96 bits per heavy atom. The molecule has 4 rings (SSSR count). The van der Waals surface area contributed by atoms with Gasteiger partial charge in [-0.1, -0.05) is 18.2 Å². The predicted octanol–water partition coefficient (Wildman–Crippen LogP) is 4.72. The Morgan fingerprint density at radius 1 is 1.28 bits per heavy atom. The van der Waals surface area contributed by atoms with Crippen LogP contribution >= 0.6 is 11.8 Å². The number of methoxy groups -OCH3 is 1. The summed E-state index contributed by atoms with van der Waals surface area (Å²) in [6.07, 6.45) is 0.917. The Bertz CT molecular complexity index is 947. The molecule has 128 valence electrons. The molecule has 3 aromatic rings. The van der Waals surface area contributed by atoms with Crippen molar-refractivity contribution in [3.8, 4) is 5.75 Å². The molecular weight excluding hydrogens is 334 g/mol. The summed E-state index contributed by atoms with van der Waals surface area (Å²) in [5.74, 6) is 1.96. The van der Waals surface area contributed by atoms with Crippen molar-refractivity contribution in [2.24, 2.45) is 0 Å². The summed E-state index contributed by atoms with van der Waals surface area (Å²) >= 11 is 1.84. The van der Waals surface area contributed by atoms with Crippen LogP contribution in [0.3, 0.4) is 0 Å². The molecule has 1 N–H and O–H groups in total. The summed E-state index contributed by atoms with van der Waals surface area (Å²) in [5, 5.41) is 4.05. The second kappa shape index (κ2) is 6.48. The molecular formula is C20H19NO3S. The predicted molar refractivity (Wildman–Crippen MR) is 99.5 cm³/mol. The molecule has 2 aromatic carbocycles. The first-order valence-corrected chi connectivity index (χ1v) is 9.25. The Hall–Kier alpha value is -2.40. The molecule has 0 fully saturated rings. The van der Waals surface area contributed by atoms with E-state index in [1.54, 1.807) is 7.11 Å². The average molecular weight is 353 g/mol. The van der Waals surface area contributed by atoms with Crippen LogP contribution in [0, 0.1) is 6.92 Å². The van der Waals surface area contributed by atoms with E-state index in [4.69, 9.17) is 9.15 Å². The highest BCUT2D eigenvalue weighted by molar-refractivity contribution is 7.99. The lowest BCUT2D eigenvalue weighted by Gasteiger charge is -2.25. The molecule has 4 nitrogen and oxygen atoms in total. The molecule has 1 atom stereocenters. The molecule has 2 heterocycles. The first kappa shape index (κ1) is 16.1. The van der Waals surface area contributed by atoms with Gasteiger partial charge in [0, 0.05) is 21.6 Å². The van der Waals surface area contributed by atoms with Gasteiger partial charge in [0.05, 0.1) is 13.2 Å². The molecule has 0 bridgehead atoms. The second-order valence-corrected chi connectivity index (χ2v) is 7.26. The summed E-state index contributed by atoms with van der Waals surface area (Å²) in [7, 11) is 1.63. The minimum Gasteiger partial charge on any atom is -0.497 e. The van der Waals surface area contributed by atoms with Crippen LogP contribution in [0.1, 0.15) is 34.1 Å². The quantitative estimate of drug-likeness (QED) is 0.740. The lowest BCUT2D eigenvalue weighted by Crippen LogP contribution is -2.30. The molecule has 5 heteroatoms. The van der Waals surface area contributed by atoms with E-state index < -0.39 is 0 Å². The first-order valence-electron chi connectivity index (χ1n) is 8.27. The Morgan fingerprint density at radius 2 is 2.12 bits per heavy atom. The van der Waals surface area contributed by atoms with Gasteiger partial charge in [-0.2, -0.15) is 0 Å². The molecule has 1 aliphatic rings. The monoisotopic (exact) mass is 353 g/mol. The Balaban J connectivity index is 1.64. The van der Waals surface area contributed by atoms with E-state index in [9.17, 15) is 4.79 Å². The van der Waals surface area contributed by atoms with Gasteiger partial charge in [-0.3, -0.25) is 4.79 Å². The molecule has 0 aliphatic carbocycles. The third-order valence-electron chi connectivity index (χ3n) is 4.61. The van der Waals surface area contributed by atoms with E-state index in [1.165, 1.54) is 10.5 Å². The molecule has 0 saturated heterocycles. The van der Waals surface area contributed by atoms with Crippen LogP contribution in [0.15, 0.2) is 51.8 Å². The normalized spacial score (nSPS) is 16.5. The Kier molecular flexibility index (Phi) is 4.17. The van der Waals surface area contributed by atoms with Crippen LogP contribution in [0.5, 0.6) is 5.75 Å². The molecule has 1 amide bonds. The van der Waals surface area contributed by atoms with Crippen LogP contribution in [-0.4, -0.2) is 18.8 Å². The van der Waals surface area contributed by atoms with Crippen LogP contribution in [0.25, 0.3) is 11.0 Å². The van der Waals surface area contributed by atoms with Crippen molar-refractivity contribution >= 4 is 28.6 Å². The third-order valence-corrected chi connectivity index (χ3v) is 5.74. The fourth-order valence-corrected chi connectivity index (χ4v) is 4.38. The van der Waals surface area contributed by atoms with E-state index in [0.29, 0.717) is 11.3 Å². The lowest BCUT2D eigenvalue weighted by molar-refractivity contribution is 0.0908. The number of carbonyl (C=O) groups excluding carboxylic acids is 1. The summed E-state index contributed by atoms with van der Waals surface area (Å²) < 4.78 is 11.1. The van der Waals surface area contributed by atoms with E-state index in [-0.39, 0.29) is 11.9 Å². The van der Waals surface area contributed by atoms with Gasteiger partial charge in [0.2, 0.25) is 0 Å². The van der Waals surface area contributed by atoms with Crippen molar-refractivity contribution in [2.45, 2.75) is 24.3 Å². The number of hydrogen-bond acceptors (Lipinski definition) is 4. The van der Waals surface area contributed by atoms with Crippen molar-refractivity contribution < 1.29 is 13.9 Å². The lowest BCUT2D eigenvalue weighted by atomic mass is 10.0. The van der Waals surface area contributed by atoms with Crippen LogP contribution in [0.2, 0.25) is 0 Å². The first-order chi connectivity index (χ1) is 12.2. The maximum atomic E-state index is 12.8. The van der Waals surface area contributed by atoms with Gasteiger partial charge in [0.25, 0.3) is 5.91 Å². The molecule has 0 radical (unpaired) electrons. The average Bonchev–Trinajstić information content (AvgIpc) is 2.98. The third kappa shape index (κ3) is 2.89. The second-order valence-electron chi connectivity index (χ2n) is 6.12. The van der Waals surface area contributed by atoms with Gasteiger partial charge in [0.1, 0.15) is 11.3 Å². The number of benzene rings is 2. The number of hydrogen-bond donors (Lipinski definition) is 1. The van der Waals surface area contributed by atoms with Crippen molar-refractivity contribution in [1.29, 1.82) is 0 Å². The van der Waals surface area contributed by atoms with Crippen LogP contribution < -0.4 is 10.1 Å². The summed E-state index contributed by atoms with van der Waals surface area (Å²) in [5.41, 5.74) is 2.72. The molecule has 0 saturated carbocycles. The number of amides is 1. The molecule has 1 aromatic heterocycles. The highest BCUT2D eigenvalue weighted by Crippen LogP contribution is 2.36. The van der Waals surface area contributed by atoms with E-state index in [0.717, 1.165) is 28.9 Å². The highest BCUT2D eigenvalue weighted by atomic mass is 32.2. The maximum absolute atomic E-state index is 12.8. The van der Waals surface area contributed by atoms with E-state index >= 15 is 0 Å². The summed E-state index contributed by atoms with van der Waals surface area (Å²) in [6.45, 7) is 1.91. The van der Waals surface area contributed by atoms with Gasteiger partial charge in [-0.15, -0.1) is 11.8 Å². The van der Waals surface area contributed by atoms with Crippen molar-refractivity contribution in [3.63, 3.8) is 0 Å². The summed E-state index contributed by atoms with van der Waals surface area (Å²) in [6, 6.07) is 13.8. The number of nitrogens with one attached hydrogen (secondary N) is 1. The van der Waals surface area contributed by atoms with E-state index in [1.807, 2.05) is 49.0 Å². The smallest absolute Gasteiger partial charge is 0.287 e. The number of fused-ring (bicyclic) bond motifs is 2. The van der Waals surface area contributed by atoms with Crippen LogP contribution in [0.4, 0.5) is 0 Å². The Labute approximate surface area is 150 Å². The van der Waals surface area contributed by atoms with E-state index in [2.05, 4.69) is 17.4 Å². The number of rotatable bonds is 3. The number of furan rings is 1. The fraction of sp³-hybridized carbons (Fsp3) is 0.250. The SMILES string of the molecule is COc1ccc2oc(C(=O)N[C@@H]3CCSc4ccccc43)c(C)c2c1. The zero-order valence-corrected chi connectivity index (χ0v) is 15.0. The van der Waals surface area contributed by atoms with Crippen molar-refractivity contribution in [1.82, 2.24) is 5.32 Å². The molecule has 1 aliphatic heterocycles. The van der Waals surface area contributed by atoms with Crippen molar-refractivity contribution in [3.05, 3.63) is 59.4 Å². The van der Waals surface area contributed by atoms with Gasteiger partial charge in [-0.05, 0) is 43.2 Å². The molecule has 25 heavy (non-hydrogen) atoms. The minimum absolute atomic E-state index is 0.0205. The van der Waals surface area contributed by atoms with Gasteiger partial charge in [0.15, 0.2) is 5.76 Å². The van der Waals surface area contributed by atoms with Crippen LogP contribution in [-0.2, 0) is 0 Å². The zero-order chi connectivity index (χ0) is 17.4. The van der Waals surface area contributed by atoms with Crippen molar-refractivity contribution in [2.75, 3.05) is 12.9 Å². The number of carbonyl (C=O) groups is 1. The molecule has 0 unspecified atom stereocenters. The zero-order valence-electron chi connectivity index (χ0n) is 14.2. The standard InChI is InChI=1S/C20H19NO3S/c1-12-15-11-13(23-2)7-8-17(15)24-19(12)20(22)21-16-9-10-25-18-6-4-3-5-14(16)18/h3-8,11,16H,9-10H2,1-2H3,(H,21,22)/t16-/m1/s1. The topological polar surface area (TPSA) is 51.5 Å². The highest BCUT2D eigenvalue weighted by Gasteiger charge is 2.25. The minimum atomic E-state index is -0.167. The van der Waals surface area contributed by atoms with Gasteiger partial charge >= 0.3 is 0 Å². The molecule has 0 spiro atoms. The van der Waals surface area contributed by atoms with Gasteiger partial charge in [-0.25, -0.2) is 0 Å². The fourth-order valence-electron chi connectivity index (χ4n) is 3.26. The number of ether oxygens (including phenoxy) is 1. The summed E-state index contributed by atoms with van der Waals surface area (Å²) in [4.78, 5) is 14.1. The largest absolute Gasteiger partial charge is 0.497 e. The number of thioether (sulfide) groups is 1. The maximum Gasteiger partial charge on any atom is 0.287 e. The van der Waals surface area contributed by atoms with Gasteiger partial charge < -0.3 is 14.5 Å². The number of aryl methyl sites for hydroxylation is 1.